The summed E-state index contributed by atoms with van der Waals surface area (Å²) in [6, 6.07) is 23.0. The molecule has 0 saturated heterocycles. The molecule has 0 N–H and O–H groups in total. The molecule has 32 heavy (non-hydrogen) atoms. The van der Waals surface area contributed by atoms with E-state index in [0.717, 1.165) is 32.7 Å². The van der Waals surface area contributed by atoms with Crippen molar-refractivity contribution in [1.82, 2.24) is 9.78 Å². The number of rotatable bonds is 5. The van der Waals surface area contributed by atoms with Gasteiger partial charge in [0.25, 0.3) is 0 Å². The van der Waals surface area contributed by atoms with Crippen molar-refractivity contribution < 1.29 is 14.3 Å². The maximum Gasteiger partial charge on any atom is 0.185 e. The van der Waals surface area contributed by atoms with Gasteiger partial charge in [-0.15, -0.1) is 0 Å². The molecule has 2 heterocycles. The molecule has 0 unspecified atom stereocenters. The average Bonchev–Trinajstić information content (AvgIpc) is 3.27. The van der Waals surface area contributed by atoms with Gasteiger partial charge in [-0.05, 0) is 54.6 Å². The zero-order chi connectivity index (χ0) is 21.9. The van der Waals surface area contributed by atoms with Crippen LogP contribution in [0.2, 0.25) is 0 Å². The predicted molar refractivity (Wildman–Crippen MR) is 127 cm³/mol. The second kappa shape index (κ2) is 8.85. The van der Waals surface area contributed by atoms with Gasteiger partial charge in [0, 0.05) is 27.4 Å². The summed E-state index contributed by atoms with van der Waals surface area (Å²) in [7, 11) is 0. The third kappa shape index (κ3) is 4.22. The molecule has 6 heteroatoms. The van der Waals surface area contributed by atoms with E-state index in [0.29, 0.717) is 24.5 Å². The molecule has 0 radical (unpaired) electrons. The Morgan fingerprint density at radius 3 is 2.56 bits per heavy atom. The zero-order valence-corrected chi connectivity index (χ0v) is 18.7. The Hall–Kier alpha value is -3.64. The van der Waals surface area contributed by atoms with E-state index >= 15 is 0 Å². The Balaban J connectivity index is 1.55. The number of hydrogen-bond donors (Lipinski definition) is 0. The Bertz CT molecular complexity index is 1310. The Labute approximate surface area is 194 Å². The van der Waals surface area contributed by atoms with Crippen molar-refractivity contribution in [3.63, 3.8) is 0 Å². The van der Waals surface area contributed by atoms with Gasteiger partial charge in [-0.1, -0.05) is 46.3 Å². The number of carbonyl (C=O) groups excluding carboxylic acids is 1. The summed E-state index contributed by atoms with van der Waals surface area (Å²) in [4.78, 5) is 12.7. The van der Waals surface area contributed by atoms with E-state index in [1.165, 1.54) is 0 Å². The number of nitrogens with zero attached hydrogens (tertiary/aromatic N) is 2. The Morgan fingerprint density at radius 1 is 0.938 bits per heavy atom. The maximum absolute atomic E-state index is 12.7. The SMILES string of the molecule is O=C(C=Cc1cn(-c2ccccc2)nc1-c1ccc2c(c1)OCCO2)c1cccc(Br)c1. The molecule has 1 aromatic heterocycles. The van der Waals surface area contributed by atoms with Crippen LogP contribution in [0.25, 0.3) is 23.0 Å². The van der Waals surface area contributed by atoms with Crippen LogP contribution in [0.1, 0.15) is 15.9 Å². The molecule has 1 aliphatic heterocycles. The molecular formula is C26H19BrN2O3. The molecular weight excluding hydrogens is 468 g/mol. The highest BCUT2D eigenvalue weighted by Crippen LogP contribution is 2.35. The lowest BCUT2D eigenvalue weighted by atomic mass is 10.1. The van der Waals surface area contributed by atoms with Gasteiger partial charge in [0.15, 0.2) is 17.3 Å². The van der Waals surface area contributed by atoms with Crippen LogP contribution in [0.5, 0.6) is 11.5 Å². The lowest BCUT2D eigenvalue weighted by Gasteiger charge is -2.18. The molecule has 0 saturated carbocycles. The number of ether oxygens (including phenoxy) is 2. The van der Waals surface area contributed by atoms with Gasteiger partial charge in [-0.25, -0.2) is 4.68 Å². The number of halogens is 1. The fourth-order valence-corrected chi connectivity index (χ4v) is 3.94. The Morgan fingerprint density at radius 2 is 1.75 bits per heavy atom. The van der Waals surface area contributed by atoms with Gasteiger partial charge < -0.3 is 9.47 Å². The lowest BCUT2D eigenvalue weighted by Crippen LogP contribution is -2.15. The average molecular weight is 487 g/mol. The van der Waals surface area contributed by atoms with Crippen molar-refractivity contribution in [2.24, 2.45) is 0 Å². The molecule has 3 aromatic carbocycles. The molecule has 5 nitrogen and oxygen atoms in total. The first-order chi connectivity index (χ1) is 15.7. The highest BCUT2D eigenvalue weighted by atomic mass is 79.9. The van der Waals surface area contributed by atoms with E-state index < -0.39 is 0 Å². The van der Waals surface area contributed by atoms with E-state index in [2.05, 4.69) is 15.9 Å². The summed E-state index contributed by atoms with van der Waals surface area (Å²) >= 11 is 3.42. The number of hydrogen-bond acceptors (Lipinski definition) is 4. The number of benzene rings is 3. The van der Waals surface area contributed by atoms with Crippen LogP contribution in [-0.2, 0) is 0 Å². The highest BCUT2D eigenvalue weighted by Gasteiger charge is 2.16. The number of fused-ring (bicyclic) bond motifs is 1. The van der Waals surface area contributed by atoms with Gasteiger partial charge in [-0.3, -0.25) is 4.79 Å². The standard InChI is InChI=1S/C26H19BrN2O3/c27-21-6-4-5-18(15-21)23(30)11-9-20-17-29(22-7-2-1-3-8-22)28-26(20)19-10-12-24-25(16-19)32-14-13-31-24/h1-12,15-17H,13-14H2. The second-order valence-electron chi connectivity index (χ2n) is 7.28. The molecule has 0 spiro atoms. The van der Waals surface area contributed by atoms with Gasteiger partial charge in [-0.2, -0.15) is 5.10 Å². The van der Waals surface area contributed by atoms with Crippen LogP contribution in [0.15, 0.2) is 89.5 Å². The smallest absolute Gasteiger partial charge is 0.185 e. The lowest BCUT2D eigenvalue weighted by molar-refractivity contribution is 0.104. The van der Waals surface area contributed by atoms with Gasteiger partial charge in [0.1, 0.15) is 18.9 Å². The molecule has 4 aromatic rings. The Kier molecular flexibility index (Phi) is 5.60. The third-order valence-electron chi connectivity index (χ3n) is 5.10. The van der Waals surface area contributed by atoms with Crippen molar-refractivity contribution in [1.29, 1.82) is 0 Å². The van der Waals surface area contributed by atoms with E-state index in [1.54, 1.807) is 12.1 Å². The predicted octanol–water partition coefficient (Wildman–Crippen LogP) is 5.97. The molecule has 158 valence electrons. The van der Waals surface area contributed by atoms with Crippen molar-refractivity contribution in [2.75, 3.05) is 13.2 Å². The topological polar surface area (TPSA) is 53.4 Å². The number of carbonyl (C=O) groups is 1. The van der Waals surface area contributed by atoms with Crippen LogP contribution in [0, 0.1) is 0 Å². The van der Waals surface area contributed by atoms with Gasteiger partial charge in [0.2, 0.25) is 0 Å². The van der Waals surface area contributed by atoms with E-state index in [9.17, 15) is 4.79 Å². The van der Waals surface area contributed by atoms with Crippen LogP contribution >= 0.6 is 15.9 Å². The largest absolute Gasteiger partial charge is 0.486 e. The molecule has 0 amide bonds. The van der Waals surface area contributed by atoms with Gasteiger partial charge >= 0.3 is 0 Å². The molecule has 0 bridgehead atoms. The van der Waals surface area contributed by atoms with Crippen LogP contribution in [0.4, 0.5) is 0 Å². The number of allylic oxidation sites excluding steroid dienone is 1. The second-order valence-corrected chi connectivity index (χ2v) is 8.20. The fraction of sp³-hybridized carbons (Fsp3) is 0.0769. The molecule has 1 aliphatic rings. The molecule has 0 fully saturated rings. The van der Waals surface area contributed by atoms with Crippen molar-refractivity contribution in [3.05, 3.63) is 101 Å². The quantitative estimate of drug-likeness (QED) is 0.257. The normalized spacial score (nSPS) is 12.8. The van der Waals surface area contributed by atoms with Crippen LogP contribution < -0.4 is 9.47 Å². The van der Waals surface area contributed by atoms with Crippen molar-refractivity contribution in [2.45, 2.75) is 0 Å². The van der Waals surface area contributed by atoms with Crippen molar-refractivity contribution >= 4 is 27.8 Å². The fourth-order valence-electron chi connectivity index (χ4n) is 3.54. The minimum atomic E-state index is -0.0770. The third-order valence-corrected chi connectivity index (χ3v) is 5.60. The van der Waals surface area contributed by atoms with E-state index in [4.69, 9.17) is 14.6 Å². The molecule has 0 atom stereocenters. The minimum absolute atomic E-state index is 0.0770. The first-order valence-electron chi connectivity index (χ1n) is 10.2. The number of ketones is 1. The van der Waals surface area contributed by atoms with Crippen LogP contribution in [0.3, 0.4) is 0 Å². The number of aromatic nitrogens is 2. The van der Waals surface area contributed by atoms with E-state index in [1.807, 2.05) is 83.7 Å². The monoisotopic (exact) mass is 486 g/mol. The molecule has 0 aliphatic carbocycles. The summed E-state index contributed by atoms with van der Waals surface area (Å²) in [6.07, 6.45) is 5.31. The number of para-hydroxylation sites is 1. The zero-order valence-electron chi connectivity index (χ0n) is 17.1. The summed E-state index contributed by atoms with van der Waals surface area (Å²) in [6.45, 7) is 1.06. The summed E-state index contributed by atoms with van der Waals surface area (Å²) in [5.74, 6) is 1.35. The highest BCUT2D eigenvalue weighted by molar-refractivity contribution is 9.10. The first kappa shape index (κ1) is 20.3. The summed E-state index contributed by atoms with van der Waals surface area (Å²) in [5.41, 5.74) is 4.02. The van der Waals surface area contributed by atoms with Gasteiger partial charge in [0.05, 0.1) is 5.69 Å². The van der Waals surface area contributed by atoms with E-state index in [-0.39, 0.29) is 5.78 Å². The summed E-state index contributed by atoms with van der Waals surface area (Å²) < 4.78 is 14.1. The maximum atomic E-state index is 12.7. The first-order valence-corrected chi connectivity index (χ1v) is 11.0. The summed E-state index contributed by atoms with van der Waals surface area (Å²) in [5, 5.41) is 4.81. The van der Waals surface area contributed by atoms with Crippen molar-refractivity contribution in [3.8, 4) is 28.4 Å². The van der Waals surface area contributed by atoms with Crippen LogP contribution in [-0.4, -0.2) is 28.8 Å². The molecule has 5 rings (SSSR count). The minimum Gasteiger partial charge on any atom is -0.486 e.